The summed E-state index contributed by atoms with van der Waals surface area (Å²) in [6.07, 6.45) is -0.218. The third-order valence-corrected chi connectivity index (χ3v) is 4.27. The molecule has 0 atom stereocenters. The van der Waals surface area contributed by atoms with Gasteiger partial charge in [0.15, 0.2) is 0 Å². The number of carbonyl (C=O) groups is 1. The lowest BCUT2D eigenvalue weighted by Crippen LogP contribution is -2.49. The van der Waals surface area contributed by atoms with E-state index in [4.69, 9.17) is 9.47 Å². The summed E-state index contributed by atoms with van der Waals surface area (Å²) >= 11 is 3.52. The van der Waals surface area contributed by atoms with Gasteiger partial charge in [-0.25, -0.2) is 4.79 Å². The number of ether oxygens (including phenoxy) is 2. The van der Waals surface area contributed by atoms with Crippen LogP contribution in [0.15, 0.2) is 22.7 Å². The molecule has 0 bridgehead atoms. The lowest BCUT2D eigenvalue weighted by molar-refractivity contribution is 0.0139. The van der Waals surface area contributed by atoms with Crippen LogP contribution in [0.25, 0.3) is 0 Å². The number of hydrogen-bond donors (Lipinski definition) is 0. The fourth-order valence-corrected chi connectivity index (χ4v) is 3.07. The monoisotopic (exact) mass is 384 g/mol. The molecule has 128 valence electrons. The molecule has 1 aliphatic heterocycles. The zero-order chi connectivity index (χ0) is 17.0. The third-order valence-electron chi connectivity index (χ3n) is 3.65. The van der Waals surface area contributed by atoms with Gasteiger partial charge in [-0.3, -0.25) is 4.90 Å². The van der Waals surface area contributed by atoms with Crippen molar-refractivity contribution < 1.29 is 14.3 Å². The molecule has 1 amide bonds. The van der Waals surface area contributed by atoms with Crippen molar-refractivity contribution in [3.05, 3.63) is 28.2 Å². The quantitative estimate of drug-likeness (QED) is 0.799. The van der Waals surface area contributed by atoms with Crippen molar-refractivity contribution >= 4 is 22.0 Å². The van der Waals surface area contributed by atoms with Gasteiger partial charge in [-0.1, -0.05) is 6.07 Å². The molecular weight excluding hydrogens is 360 g/mol. The molecule has 1 aromatic rings. The van der Waals surface area contributed by atoms with Crippen LogP contribution < -0.4 is 4.74 Å². The maximum Gasteiger partial charge on any atom is 0.410 e. The summed E-state index contributed by atoms with van der Waals surface area (Å²) in [5.74, 6) is 0.837. The average molecular weight is 385 g/mol. The molecule has 0 radical (unpaired) electrons. The highest BCUT2D eigenvalue weighted by molar-refractivity contribution is 9.10. The number of rotatable bonds is 3. The molecule has 1 aliphatic rings. The van der Waals surface area contributed by atoms with Crippen molar-refractivity contribution in [2.45, 2.75) is 32.9 Å². The molecule has 0 spiro atoms. The van der Waals surface area contributed by atoms with Crippen LogP contribution in [-0.4, -0.2) is 54.8 Å². The molecule has 0 aromatic heterocycles. The van der Waals surface area contributed by atoms with Crippen molar-refractivity contribution in [3.63, 3.8) is 0 Å². The average Bonchev–Trinajstić information content (AvgIpc) is 2.46. The van der Waals surface area contributed by atoms with Crippen molar-refractivity contribution in [1.29, 1.82) is 0 Å². The van der Waals surface area contributed by atoms with Gasteiger partial charge in [0.25, 0.3) is 0 Å². The van der Waals surface area contributed by atoms with Crippen LogP contribution in [0.4, 0.5) is 4.79 Å². The van der Waals surface area contributed by atoms with Gasteiger partial charge in [0.05, 0.1) is 11.6 Å². The number of carbonyl (C=O) groups excluding carboxylic acids is 1. The topological polar surface area (TPSA) is 42.0 Å². The number of hydrogen-bond acceptors (Lipinski definition) is 4. The Kier molecular flexibility index (Phi) is 5.92. The Morgan fingerprint density at radius 1 is 1.22 bits per heavy atom. The summed E-state index contributed by atoms with van der Waals surface area (Å²) < 4.78 is 11.6. The Morgan fingerprint density at radius 2 is 1.87 bits per heavy atom. The number of piperazine rings is 1. The van der Waals surface area contributed by atoms with Gasteiger partial charge in [-0.2, -0.15) is 0 Å². The highest BCUT2D eigenvalue weighted by Gasteiger charge is 2.25. The van der Waals surface area contributed by atoms with E-state index in [1.807, 2.05) is 26.8 Å². The van der Waals surface area contributed by atoms with Crippen LogP contribution in [-0.2, 0) is 11.3 Å². The first-order valence-corrected chi connectivity index (χ1v) is 8.60. The Hall–Kier alpha value is -1.27. The fraction of sp³-hybridized carbons (Fsp3) is 0.588. The molecule has 2 rings (SSSR count). The molecule has 6 heteroatoms. The molecule has 1 heterocycles. The lowest BCUT2D eigenvalue weighted by atomic mass is 10.2. The van der Waals surface area contributed by atoms with Crippen LogP contribution >= 0.6 is 15.9 Å². The van der Waals surface area contributed by atoms with Gasteiger partial charge in [-0.15, -0.1) is 0 Å². The summed E-state index contributed by atoms with van der Waals surface area (Å²) in [6, 6.07) is 6.12. The van der Waals surface area contributed by atoms with Crippen molar-refractivity contribution in [2.24, 2.45) is 0 Å². The summed E-state index contributed by atoms with van der Waals surface area (Å²) in [5.41, 5.74) is 0.784. The number of benzene rings is 1. The maximum absolute atomic E-state index is 12.1. The molecule has 0 N–H and O–H groups in total. The molecule has 5 nitrogen and oxygen atoms in total. The predicted octanol–water partition coefficient (Wildman–Crippen LogP) is 3.51. The normalized spacial score (nSPS) is 16.3. The van der Waals surface area contributed by atoms with E-state index < -0.39 is 5.60 Å². The molecule has 0 aliphatic carbocycles. The summed E-state index contributed by atoms with van der Waals surface area (Å²) in [5, 5.41) is 0. The molecule has 1 saturated heterocycles. The summed E-state index contributed by atoms with van der Waals surface area (Å²) in [7, 11) is 1.66. The molecule has 0 unspecified atom stereocenters. The van der Waals surface area contributed by atoms with E-state index in [-0.39, 0.29) is 6.09 Å². The van der Waals surface area contributed by atoms with E-state index in [2.05, 4.69) is 33.0 Å². The largest absolute Gasteiger partial charge is 0.496 e. The molecule has 0 saturated carbocycles. The SMILES string of the molecule is COc1ccc(CN2CCN(C(=O)OC(C)(C)C)CC2)cc1Br. The zero-order valence-electron chi connectivity index (χ0n) is 14.3. The van der Waals surface area contributed by atoms with Gasteiger partial charge < -0.3 is 14.4 Å². The van der Waals surface area contributed by atoms with Crippen LogP contribution in [0.5, 0.6) is 5.75 Å². The highest BCUT2D eigenvalue weighted by Crippen LogP contribution is 2.26. The van der Waals surface area contributed by atoms with Gasteiger partial charge in [0.1, 0.15) is 11.4 Å². The van der Waals surface area contributed by atoms with Gasteiger partial charge in [0.2, 0.25) is 0 Å². The second-order valence-electron chi connectivity index (χ2n) is 6.71. The number of methoxy groups -OCH3 is 1. The first-order chi connectivity index (χ1) is 10.8. The van der Waals surface area contributed by atoms with E-state index in [1.54, 1.807) is 12.0 Å². The predicted molar refractivity (Wildman–Crippen MR) is 93.8 cm³/mol. The molecule has 1 fully saturated rings. The third kappa shape index (κ3) is 5.39. The van der Waals surface area contributed by atoms with Crippen molar-refractivity contribution in [3.8, 4) is 5.75 Å². The standard InChI is InChI=1S/C17H25BrN2O3/c1-17(2,3)23-16(21)20-9-7-19(8-10-20)12-13-5-6-15(22-4)14(18)11-13/h5-6,11H,7-10,12H2,1-4H3. The number of halogens is 1. The van der Waals surface area contributed by atoms with E-state index in [9.17, 15) is 4.79 Å². The lowest BCUT2D eigenvalue weighted by Gasteiger charge is -2.35. The molecule has 1 aromatic carbocycles. The van der Waals surface area contributed by atoms with Gasteiger partial charge in [0, 0.05) is 32.7 Å². The minimum absolute atomic E-state index is 0.218. The van der Waals surface area contributed by atoms with Crippen molar-refractivity contribution in [2.75, 3.05) is 33.3 Å². The molecular formula is C17H25BrN2O3. The smallest absolute Gasteiger partial charge is 0.410 e. The Morgan fingerprint density at radius 3 is 2.39 bits per heavy atom. The fourth-order valence-electron chi connectivity index (χ4n) is 2.48. The minimum Gasteiger partial charge on any atom is -0.496 e. The minimum atomic E-state index is -0.441. The maximum atomic E-state index is 12.1. The van der Waals surface area contributed by atoms with E-state index in [0.29, 0.717) is 13.1 Å². The first kappa shape index (κ1) is 18.1. The van der Waals surface area contributed by atoms with Gasteiger partial charge >= 0.3 is 6.09 Å². The highest BCUT2D eigenvalue weighted by atomic mass is 79.9. The second kappa shape index (κ2) is 7.53. The van der Waals surface area contributed by atoms with Crippen LogP contribution in [0.2, 0.25) is 0 Å². The summed E-state index contributed by atoms with van der Waals surface area (Å²) in [4.78, 5) is 16.2. The first-order valence-electron chi connectivity index (χ1n) is 7.81. The Labute approximate surface area is 146 Å². The van der Waals surface area contributed by atoms with Gasteiger partial charge in [-0.05, 0) is 54.4 Å². The Bertz CT molecular complexity index is 549. The summed E-state index contributed by atoms with van der Waals surface area (Å²) in [6.45, 7) is 9.64. The van der Waals surface area contributed by atoms with Crippen LogP contribution in [0.1, 0.15) is 26.3 Å². The van der Waals surface area contributed by atoms with Crippen LogP contribution in [0, 0.1) is 0 Å². The number of nitrogens with zero attached hydrogens (tertiary/aromatic N) is 2. The Balaban J connectivity index is 1.85. The van der Waals surface area contributed by atoms with E-state index in [1.165, 1.54) is 5.56 Å². The molecule has 23 heavy (non-hydrogen) atoms. The number of amides is 1. The van der Waals surface area contributed by atoms with Crippen LogP contribution in [0.3, 0.4) is 0 Å². The second-order valence-corrected chi connectivity index (χ2v) is 7.57. The zero-order valence-corrected chi connectivity index (χ0v) is 15.9. The van der Waals surface area contributed by atoms with E-state index >= 15 is 0 Å². The van der Waals surface area contributed by atoms with Crippen molar-refractivity contribution in [1.82, 2.24) is 9.80 Å². The van der Waals surface area contributed by atoms with E-state index in [0.717, 1.165) is 29.9 Å².